The molecule has 0 aliphatic rings. The lowest BCUT2D eigenvalue weighted by atomic mass is 10.1. The van der Waals surface area contributed by atoms with Crippen molar-refractivity contribution in [2.24, 2.45) is 0 Å². The highest BCUT2D eigenvalue weighted by Crippen LogP contribution is 2.38. The Balaban J connectivity index is 1.52. The van der Waals surface area contributed by atoms with Crippen LogP contribution in [0.1, 0.15) is 28.4 Å². The van der Waals surface area contributed by atoms with Crippen molar-refractivity contribution in [2.75, 3.05) is 32.0 Å². The van der Waals surface area contributed by atoms with Gasteiger partial charge >= 0.3 is 0 Å². The quantitative estimate of drug-likeness (QED) is 0.109. The fourth-order valence-corrected chi connectivity index (χ4v) is 5.37. The molecule has 3 N–H and O–H groups in total. The number of anilines is 2. The van der Waals surface area contributed by atoms with E-state index in [0.29, 0.717) is 44.8 Å². The monoisotopic (exact) mass is 659 g/mol. The molecule has 0 aliphatic heterocycles. The third-order valence-electron chi connectivity index (χ3n) is 6.78. The molecule has 0 saturated carbocycles. The number of nitrogens with one attached hydrogen (secondary N) is 3. The lowest BCUT2D eigenvalue weighted by Crippen LogP contribution is -2.30. The van der Waals surface area contributed by atoms with Crippen LogP contribution in [0.3, 0.4) is 0 Å². The van der Waals surface area contributed by atoms with E-state index in [1.807, 2.05) is 19.9 Å². The number of rotatable bonds is 12. The Morgan fingerprint density at radius 1 is 0.826 bits per heavy atom. The molecule has 3 amide bonds. The number of methoxy groups -OCH3 is 3. The zero-order valence-electron chi connectivity index (χ0n) is 26.0. The molecule has 238 valence electrons. The van der Waals surface area contributed by atoms with Gasteiger partial charge in [-0.15, -0.1) is 11.8 Å². The molecule has 1 atom stereocenters. The van der Waals surface area contributed by atoms with Crippen molar-refractivity contribution in [3.63, 3.8) is 0 Å². The largest absolute Gasteiger partial charge is 0.493 e. The van der Waals surface area contributed by atoms with E-state index in [1.54, 1.807) is 78.9 Å². The fourth-order valence-electron chi connectivity index (χ4n) is 4.33. The van der Waals surface area contributed by atoms with Crippen LogP contribution in [0.15, 0.2) is 95.5 Å². The van der Waals surface area contributed by atoms with E-state index in [-0.39, 0.29) is 11.6 Å². The second kappa shape index (κ2) is 15.9. The van der Waals surface area contributed by atoms with E-state index >= 15 is 0 Å². The van der Waals surface area contributed by atoms with Crippen molar-refractivity contribution < 1.29 is 28.6 Å². The predicted molar refractivity (Wildman–Crippen MR) is 183 cm³/mol. The molecule has 0 spiro atoms. The van der Waals surface area contributed by atoms with E-state index < -0.39 is 17.1 Å². The molecular weight excluding hydrogens is 626 g/mol. The van der Waals surface area contributed by atoms with Gasteiger partial charge in [-0.1, -0.05) is 35.9 Å². The number of halogens is 1. The molecule has 0 aliphatic carbocycles. The van der Waals surface area contributed by atoms with Gasteiger partial charge in [0.25, 0.3) is 11.8 Å². The average Bonchev–Trinajstić information content (AvgIpc) is 3.06. The Bertz CT molecular complexity index is 1720. The summed E-state index contributed by atoms with van der Waals surface area (Å²) in [6.45, 7) is 3.71. The van der Waals surface area contributed by atoms with Crippen molar-refractivity contribution in [3.05, 3.63) is 112 Å². The van der Waals surface area contributed by atoms with E-state index in [4.69, 9.17) is 25.8 Å². The summed E-state index contributed by atoms with van der Waals surface area (Å²) in [5, 5.41) is 8.62. The molecule has 46 heavy (non-hydrogen) atoms. The first-order valence-electron chi connectivity index (χ1n) is 14.1. The van der Waals surface area contributed by atoms with Crippen molar-refractivity contribution in [2.45, 2.75) is 24.0 Å². The van der Waals surface area contributed by atoms with E-state index in [9.17, 15) is 14.4 Å². The van der Waals surface area contributed by atoms with Crippen LogP contribution in [0, 0.1) is 6.92 Å². The third kappa shape index (κ3) is 8.83. The number of thioether (sulfide) groups is 1. The van der Waals surface area contributed by atoms with Gasteiger partial charge in [-0.2, -0.15) is 0 Å². The second-order valence-electron chi connectivity index (χ2n) is 10.0. The number of carbonyl (C=O) groups excluding carboxylic acids is 3. The molecule has 4 aromatic carbocycles. The summed E-state index contributed by atoms with van der Waals surface area (Å²) in [6, 6.07) is 24.3. The number of carbonyl (C=O) groups is 3. The maximum Gasteiger partial charge on any atom is 0.272 e. The highest BCUT2D eigenvalue weighted by molar-refractivity contribution is 8.00. The summed E-state index contributed by atoms with van der Waals surface area (Å²) in [5.41, 5.74) is 2.97. The van der Waals surface area contributed by atoms with Gasteiger partial charge in [0.2, 0.25) is 11.7 Å². The van der Waals surface area contributed by atoms with Crippen LogP contribution in [0.4, 0.5) is 11.4 Å². The van der Waals surface area contributed by atoms with Crippen LogP contribution in [-0.4, -0.2) is 44.3 Å². The minimum Gasteiger partial charge on any atom is -0.493 e. The Morgan fingerprint density at radius 2 is 1.48 bits per heavy atom. The van der Waals surface area contributed by atoms with Crippen LogP contribution in [0.5, 0.6) is 17.2 Å². The van der Waals surface area contributed by atoms with Crippen molar-refractivity contribution in [1.82, 2.24) is 5.32 Å². The van der Waals surface area contributed by atoms with Crippen molar-refractivity contribution >= 4 is 58.5 Å². The molecule has 0 aromatic heterocycles. The van der Waals surface area contributed by atoms with Gasteiger partial charge in [0.1, 0.15) is 5.70 Å². The smallest absolute Gasteiger partial charge is 0.272 e. The van der Waals surface area contributed by atoms with E-state index in [0.717, 1.165) is 10.5 Å². The molecule has 9 nitrogen and oxygen atoms in total. The lowest BCUT2D eigenvalue weighted by molar-refractivity contribution is -0.115. The van der Waals surface area contributed by atoms with E-state index in [1.165, 1.54) is 39.2 Å². The van der Waals surface area contributed by atoms with E-state index in [2.05, 4.69) is 16.0 Å². The Kier molecular flexibility index (Phi) is 11.7. The zero-order valence-corrected chi connectivity index (χ0v) is 27.5. The number of aryl methyl sites for hydroxylation is 1. The van der Waals surface area contributed by atoms with Gasteiger partial charge in [0.05, 0.1) is 26.6 Å². The van der Waals surface area contributed by atoms with Gasteiger partial charge in [0.15, 0.2) is 11.5 Å². The first-order chi connectivity index (χ1) is 22.1. The van der Waals surface area contributed by atoms with Crippen LogP contribution in [0.25, 0.3) is 6.08 Å². The van der Waals surface area contributed by atoms with Crippen LogP contribution >= 0.6 is 23.4 Å². The fraction of sp³-hybridized carbons (Fsp3) is 0.171. The number of benzene rings is 4. The SMILES string of the molecule is COc1cc(/C=C(\NC(=O)c2ccccc2)C(=O)Nc2ccc(SC(C)C(=O)Nc3cc(Cl)ccc3C)cc2)cc(OC)c1OC. The molecule has 0 heterocycles. The number of amides is 3. The lowest BCUT2D eigenvalue weighted by Gasteiger charge is -2.15. The minimum atomic E-state index is -0.553. The molecule has 0 saturated heterocycles. The third-order valence-corrected chi connectivity index (χ3v) is 8.13. The molecule has 0 radical (unpaired) electrons. The summed E-state index contributed by atoms with van der Waals surface area (Å²) >= 11 is 7.46. The number of hydrogen-bond donors (Lipinski definition) is 3. The zero-order chi connectivity index (χ0) is 33.2. The Morgan fingerprint density at radius 3 is 2.09 bits per heavy atom. The highest BCUT2D eigenvalue weighted by Gasteiger charge is 2.19. The first kappa shape index (κ1) is 34.0. The van der Waals surface area contributed by atoms with Gasteiger partial charge in [-0.3, -0.25) is 14.4 Å². The van der Waals surface area contributed by atoms with Crippen LogP contribution in [0.2, 0.25) is 5.02 Å². The highest BCUT2D eigenvalue weighted by atomic mass is 35.5. The van der Waals surface area contributed by atoms with Gasteiger partial charge in [-0.25, -0.2) is 0 Å². The summed E-state index contributed by atoms with van der Waals surface area (Å²) in [7, 11) is 4.48. The Labute approximate surface area is 277 Å². The average molecular weight is 660 g/mol. The molecule has 11 heteroatoms. The molecule has 1 unspecified atom stereocenters. The molecule has 4 rings (SSSR count). The molecule has 0 fully saturated rings. The normalized spacial score (nSPS) is 11.7. The minimum absolute atomic E-state index is 0.0109. The van der Waals surface area contributed by atoms with Crippen molar-refractivity contribution in [1.29, 1.82) is 0 Å². The number of hydrogen-bond acceptors (Lipinski definition) is 7. The summed E-state index contributed by atoms with van der Waals surface area (Å²) in [4.78, 5) is 40.3. The first-order valence-corrected chi connectivity index (χ1v) is 15.4. The summed E-state index contributed by atoms with van der Waals surface area (Å²) in [6.07, 6.45) is 1.52. The maximum absolute atomic E-state index is 13.5. The maximum atomic E-state index is 13.5. The summed E-state index contributed by atoms with van der Waals surface area (Å²) < 4.78 is 16.3. The second-order valence-corrected chi connectivity index (χ2v) is 11.9. The standard InChI is InChI=1S/C35H34ClN3O6S/c1-21-11-12-25(36)20-28(21)38-33(40)22(2)46-27-15-13-26(14-16-27)37-35(42)29(39-34(41)24-9-7-6-8-10-24)17-23-18-30(43-3)32(45-5)31(19-23)44-4/h6-20,22H,1-5H3,(H,37,42)(H,38,40)(H,39,41)/b29-17-. The van der Waals surface area contributed by atoms with Gasteiger partial charge < -0.3 is 30.2 Å². The molecular formula is C35H34ClN3O6S. The van der Waals surface area contributed by atoms with Gasteiger partial charge in [0, 0.05) is 26.9 Å². The number of ether oxygens (including phenoxy) is 3. The summed E-state index contributed by atoms with van der Waals surface area (Å²) in [5.74, 6) is 0.000618. The van der Waals surface area contributed by atoms with Gasteiger partial charge in [-0.05, 0) is 91.7 Å². The van der Waals surface area contributed by atoms with Crippen LogP contribution < -0.4 is 30.2 Å². The Hall–Kier alpha value is -4.93. The molecule has 0 bridgehead atoms. The molecule has 4 aromatic rings. The predicted octanol–water partition coefficient (Wildman–Crippen LogP) is 7.20. The van der Waals surface area contributed by atoms with Crippen molar-refractivity contribution in [3.8, 4) is 17.2 Å². The van der Waals surface area contributed by atoms with Crippen LogP contribution in [-0.2, 0) is 9.59 Å². The topological polar surface area (TPSA) is 115 Å².